The number of carbonyl (C=O) groups excluding carboxylic acids is 1. The molecule has 178 valence electrons. The van der Waals surface area contributed by atoms with Gasteiger partial charge in [0.2, 0.25) is 11.2 Å². The molecule has 4 aromatic rings. The zero-order chi connectivity index (χ0) is 25.2. The van der Waals surface area contributed by atoms with Crippen LogP contribution in [0.4, 0.5) is 17.6 Å². The molecule has 0 bridgehead atoms. The zero-order valence-electron chi connectivity index (χ0n) is 17.4. The fourth-order valence-electron chi connectivity index (χ4n) is 3.02. The molecule has 10 heteroatoms. The minimum Gasteiger partial charge on any atom is -0.448 e. The maximum absolute atomic E-state index is 13.7. The van der Waals surface area contributed by atoms with E-state index < -0.39 is 40.5 Å². The summed E-state index contributed by atoms with van der Waals surface area (Å²) >= 11 is 5.94. The van der Waals surface area contributed by atoms with Crippen LogP contribution in [0.15, 0.2) is 82.0 Å². The summed E-state index contributed by atoms with van der Waals surface area (Å²) in [4.78, 5) is 24.9. The number of halogens is 5. The van der Waals surface area contributed by atoms with Gasteiger partial charge in [-0.3, -0.25) is 4.79 Å². The van der Waals surface area contributed by atoms with Crippen LogP contribution in [0.25, 0.3) is 17.0 Å². The minimum atomic E-state index is -5.07. The van der Waals surface area contributed by atoms with Crippen molar-refractivity contribution in [3.8, 4) is 17.2 Å². The first kappa shape index (κ1) is 24.0. The van der Waals surface area contributed by atoms with Crippen molar-refractivity contribution in [3.05, 3.63) is 105 Å². The van der Waals surface area contributed by atoms with E-state index in [0.29, 0.717) is 5.56 Å². The molecule has 0 saturated heterocycles. The number of carbonyl (C=O) groups is 1. The van der Waals surface area contributed by atoms with E-state index in [0.717, 1.165) is 18.2 Å². The Labute approximate surface area is 199 Å². The first-order valence-corrected chi connectivity index (χ1v) is 10.3. The molecule has 0 aliphatic carbocycles. The van der Waals surface area contributed by atoms with Gasteiger partial charge in [0, 0.05) is 12.1 Å². The largest absolute Gasteiger partial charge is 0.453 e. The lowest BCUT2D eigenvalue weighted by Gasteiger charge is -2.14. The minimum absolute atomic E-state index is 0.00364. The van der Waals surface area contributed by atoms with Crippen LogP contribution >= 0.6 is 11.6 Å². The van der Waals surface area contributed by atoms with E-state index >= 15 is 0 Å². The smallest absolute Gasteiger partial charge is 0.448 e. The third-order valence-corrected chi connectivity index (χ3v) is 4.94. The molecule has 3 aromatic carbocycles. The molecule has 0 radical (unpaired) electrons. The third-order valence-electron chi connectivity index (χ3n) is 4.63. The second-order valence-electron chi connectivity index (χ2n) is 7.08. The molecule has 4 rings (SSSR count). The van der Waals surface area contributed by atoms with Crippen LogP contribution in [-0.4, -0.2) is 5.97 Å². The van der Waals surface area contributed by atoms with E-state index in [1.165, 1.54) is 54.6 Å². The molecular weight excluding hydrogens is 492 g/mol. The van der Waals surface area contributed by atoms with Crippen molar-refractivity contribution in [1.82, 2.24) is 0 Å². The zero-order valence-corrected chi connectivity index (χ0v) is 18.2. The summed E-state index contributed by atoms with van der Waals surface area (Å²) in [7, 11) is 0. The summed E-state index contributed by atoms with van der Waals surface area (Å²) in [6.07, 6.45) is -2.66. The fraction of sp³-hybridized carbons (Fsp3) is 0.0400. The van der Waals surface area contributed by atoms with Crippen LogP contribution in [0.5, 0.6) is 17.2 Å². The molecule has 5 nitrogen and oxygen atoms in total. The summed E-state index contributed by atoms with van der Waals surface area (Å²) in [6, 6.07) is 14.3. The molecule has 35 heavy (non-hydrogen) atoms. The highest BCUT2D eigenvalue weighted by molar-refractivity contribution is 6.32. The highest BCUT2D eigenvalue weighted by Gasteiger charge is 2.40. The Hall–Kier alpha value is -4.11. The van der Waals surface area contributed by atoms with E-state index in [4.69, 9.17) is 25.5 Å². The summed E-state index contributed by atoms with van der Waals surface area (Å²) < 4.78 is 69.3. The normalized spacial score (nSPS) is 11.7. The van der Waals surface area contributed by atoms with Gasteiger partial charge in [0.15, 0.2) is 0 Å². The van der Waals surface area contributed by atoms with Gasteiger partial charge in [0.05, 0.1) is 10.4 Å². The van der Waals surface area contributed by atoms with Gasteiger partial charge in [-0.2, -0.15) is 13.2 Å². The number of hydrogen-bond acceptors (Lipinski definition) is 5. The van der Waals surface area contributed by atoms with Crippen LogP contribution < -0.4 is 14.9 Å². The number of ether oxygens (including phenoxy) is 2. The number of fused-ring (bicyclic) bond motifs is 1. The molecule has 0 aliphatic rings. The van der Waals surface area contributed by atoms with Crippen LogP contribution in [0, 0.1) is 5.82 Å². The second-order valence-corrected chi connectivity index (χ2v) is 7.49. The van der Waals surface area contributed by atoms with E-state index in [1.807, 2.05) is 0 Å². The number of esters is 1. The van der Waals surface area contributed by atoms with Crippen molar-refractivity contribution in [2.75, 3.05) is 0 Å². The highest BCUT2D eigenvalue weighted by atomic mass is 35.5. The van der Waals surface area contributed by atoms with Gasteiger partial charge >= 0.3 is 12.1 Å². The van der Waals surface area contributed by atoms with Crippen LogP contribution in [-0.2, 0) is 11.0 Å². The van der Waals surface area contributed by atoms with E-state index in [2.05, 4.69) is 0 Å². The summed E-state index contributed by atoms with van der Waals surface area (Å²) in [6.45, 7) is 0. The van der Waals surface area contributed by atoms with E-state index in [-0.39, 0.29) is 21.9 Å². The van der Waals surface area contributed by atoms with Gasteiger partial charge < -0.3 is 13.9 Å². The topological polar surface area (TPSA) is 65.7 Å². The number of para-hydroxylation sites is 1. The van der Waals surface area contributed by atoms with Crippen molar-refractivity contribution in [3.63, 3.8) is 0 Å². The van der Waals surface area contributed by atoms with Gasteiger partial charge in [-0.25, -0.2) is 9.18 Å². The van der Waals surface area contributed by atoms with Gasteiger partial charge in [-0.05, 0) is 48.0 Å². The number of hydrogen-bond donors (Lipinski definition) is 0. The quantitative estimate of drug-likeness (QED) is 0.126. The molecule has 0 spiro atoms. The van der Waals surface area contributed by atoms with Crippen molar-refractivity contribution in [2.24, 2.45) is 0 Å². The lowest BCUT2D eigenvalue weighted by atomic mass is 10.2. The predicted octanol–water partition coefficient (Wildman–Crippen LogP) is 7.02. The standard InChI is InChI=1S/C25H13ClF4O5/c26-18-3-1-2-4-19(18)34-23-22(32)17-11-10-16(13-20(17)35-24(23)25(28,29)30)33-21(31)12-7-14-5-8-15(27)9-6-14/h1-13H/b12-7+. The maximum Gasteiger partial charge on any atom is 0.453 e. The molecule has 1 aromatic heterocycles. The first-order chi connectivity index (χ1) is 16.6. The Kier molecular flexibility index (Phi) is 6.61. The van der Waals surface area contributed by atoms with Crippen molar-refractivity contribution >= 4 is 34.6 Å². The Morgan fingerprint density at radius 1 is 1.00 bits per heavy atom. The van der Waals surface area contributed by atoms with E-state index in [1.54, 1.807) is 6.07 Å². The molecule has 0 saturated carbocycles. The SMILES string of the molecule is O=C(/C=C/c1ccc(F)cc1)Oc1ccc2c(=O)c(Oc3ccccc3Cl)c(C(F)(F)F)oc2c1. The van der Waals surface area contributed by atoms with Gasteiger partial charge in [0.1, 0.15) is 22.9 Å². The van der Waals surface area contributed by atoms with Crippen LogP contribution in [0.1, 0.15) is 11.3 Å². The highest BCUT2D eigenvalue weighted by Crippen LogP contribution is 2.39. The summed E-state index contributed by atoms with van der Waals surface area (Å²) in [5, 5.41) is -0.238. The average Bonchev–Trinajstić information content (AvgIpc) is 2.81. The Bertz CT molecular complexity index is 1490. The molecular formula is C25H13ClF4O5. The summed E-state index contributed by atoms with van der Waals surface area (Å²) in [5.41, 5.74) is -1.04. The van der Waals surface area contributed by atoms with Crippen LogP contribution in [0.2, 0.25) is 5.02 Å². The first-order valence-electron chi connectivity index (χ1n) is 9.88. The van der Waals surface area contributed by atoms with Gasteiger partial charge in [-0.1, -0.05) is 35.9 Å². The maximum atomic E-state index is 13.7. The number of alkyl halides is 3. The Morgan fingerprint density at radius 3 is 2.40 bits per heavy atom. The lowest BCUT2D eigenvalue weighted by Crippen LogP contribution is -2.15. The summed E-state index contributed by atoms with van der Waals surface area (Å²) in [5.74, 6) is -4.38. The lowest BCUT2D eigenvalue weighted by molar-refractivity contribution is -0.154. The van der Waals surface area contributed by atoms with Gasteiger partial charge in [0.25, 0.3) is 5.76 Å². The Balaban J connectivity index is 1.67. The molecule has 0 aliphatic heterocycles. The van der Waals surface area contributed by atoms with E-state index in [9.17, 15) is 27.2 Å². The molecule has 0 fully saturated rings. The molecule has 0 amide bonds. The second kappa shape index (κ2) is 9.63. The molecule has 0 atom stereocenters. The molecule has 1 heterocycles. The van der Waals surface area contributed by atoms with Crippen molar-refractivity contribution in [1.29, 1.82) is 0 Å². The fourth-order valence-corrected chi connectivity index (χ4v) is 3.20. The van der Waals surface area contributed by atoms with Crippen LogP contribution in [0.3, 0.4) is 0 Å². The third kappa shape index (κ3) is 5.52. The average molecular weight is 505 g/mol. The number of benzene rings is 3. The van der Waals surface area contributed by atoms with Crippen molar-refractivity contribution < 1.29 is 36.2 Å². The predicted molar refractivity (Wildman–Crippen MR) is 120 cm³/mol. The molecule has 0 unspecified atom stereocenters. The monoisotopic (exact) mass is 504 g/mol. The molecule has 0 N–H and O–H groups in total. The number of rotatable bonds is 5. The van der Waals surface area contributed by atoms with Gasteiger partial charge in [-0.15, -0.1) is 0 Å². The Morgan fingerprint density at radius 2 is 1.71 bits per heavy atom. The van der Waals surface area contributed by atoms with Crippen molar-refractivity contribution in [2.45, 2.75) is 6.18 Å².